The maximum atomic E-state index is 12.7. The molecule has 1 saturated carbocycles. The van der Waals surface area contributed by atoms with Gasteiger partial charge in [-0.3, -0.25) is 9.59 Å². The Labute approximate surface area is 150 Å². The summed E-state index contributed by atoms with van der Waals surface area (Å²) in [7, 11) is 0. The van der Waals surface area contributed by atoms with Gasteiger partial charge in [0.05, 0.1) is 0 Å². The first-order valence-corrected chi connectivity index (χ1v) is 9.18. The van der Waals surface area contributed by atoms with E-state index in [0.29, 0.717) is 29.5 Å². The molecule has 2 fully saturated rings. The van der Waals surface area contributed by atoms with E-state index in [1.54, 1.807) is 24.3 Å². The number of hydrogen-bond acceptors (Lipinski definition) is 3. The molecule has 3 N–H and O–H groups in total. The van der Waals surface area contributed by atoms with Crippen molar-refractivity contribution in [1.29, 1.82) is 0 Å². The zero-order chi connectivity index (χ0) is 18.2. The van der Waals surface area contributed by atoms with Gasteiger partial charge in [0.15, 0.2) is 0 Å². The van der Waals surface area contributed by atoms with Gasteiger partial charge in [-0.1, -0.05) is 20.8 Å². The van der Waals surface area contributed by atoms with Crippen molar-refractivity contribution in [1.82, 2.24) is 10.2 Å². The van der Waals surface area contributed by atoms with Crippen LogP contribution in [0, 0.1) is 17.3 Å². The fraction of sp³-hybridized carbons (Fsp3) is 0.600. The molecule has 1 aliphatic heterocycles. The van der Waals surface area contributed by atoms with Gasteiger partial charge < -0.3 is 16.0 Å². The molecule has 1 aromatic rings. The zero-order valence-electron chi connectivity index (χ0n) is 15.4. The van der Waals surface area contributed by atoms with Crippen LogP contribution in [0.3, 0.4) is 0 Å². The molecule has 0 aromatic heterocycles. The number of hydrogen-bond donors (Lipinski definition) is 2. The van der Waals surface area contributed by atoms with Gasteiger partial charge in [-0.25, -0.2) is 0 Å². The summed E-state index contributed by atoms with van der Waals surface area (Å²) in [5, 5.41) is 2.93. The van der Waals surface area contributed by atoms with Crippen LogP contribution in [0.2, 0.25) is 0 Å². The van der Waals surface area contributed by atoms with Crippen LogP contribution in [0.5, 0.6) is 0 Å². The van der Waals surface area contributed by atoms with Crippen LogP contribution < -0.4 is 11.1 Å². The number of nitrogens with one attached hydrogen (secondary N) is 1. The average molecular weight is 343 g/mol. The monoisotopic (exact) mass is 343 g/mol. The molecule has 0 spiro atoms. The van der Waals surface area contributed by atoms with E-state index in [4.69, 9.17) is 5.73 Å². The first-order valence-electron chi connectivity index (χ1n) is 9.18. The van der Waals surface area contributed by atoms with Gasteiger partial charge in [-0.2, -0.15) is 0 Å². The summed E-state index contributed by atoms with van der Waals surface area (Å²) in [5.74, 6) is 0.951. The van der Waals surface area contributed by atoms with Crippen molar-refractivity contribution in [3.63, 3.8) is 0 Å². The quantitative estimate of drug-likeness (QED) is 0.884. The van der Waals surface area contributed by atoms with Crippen molar-refractivity contribution in [2.24, 2.45) is 23.0 Å². The van der Waals surface area contributed by atoms with Gasteiger partial charge in [0.25, 0.3) is 11.8 Å². The van der Waals surface area contributed by atoms with E-state index >= 15 is 0 Å². The number of likely N-dealkylation sites (tertiary alicyclic amines) is 1. The molecular weight excluding hydrogens is 314 g/mol. The number of carbonyl (C=O) groups excluding carboxylic acids is 2. The Balaban J connectivity index is 1.60. The molecular formula is C20H29N3O2. The van der Waals surface area contributed by atoms with Gasteiger partial charge in [0.2, 0.25) is 0 Å². The highest BCUT2D eigenvalue weighted by Crippen LogP contribution is 2.37. The second-order valence-electron chi connectivity index (χ2n) is 8.70. The summed E-state index contributed by atoms with van der Waals surface area (Å²) in [6, 6.07) is 7.20. The van der Waals surface area contributed by atoms with Crippen LogP contribution in [-0.4, -0.2) is 42.4 Å². The first kappa shape index (κ1) is 17.9. The number of rotatable bonds is 3. The largest absolute Gasteiger partial charge is 0.352 e. The Kier molecular flexibility index (Phi) is 4.87. The SMILES string of the molecule is CC(C)(C)CNC(=O)c1ccc(C(=O)N2CC3CCC(N)C3C2)cc1. The smallest absolute Gasteiger partial charge is 0.253 e. The summed E-state index contributed by atoms with van der Waals surface area (Å²) in [5.41, 5.74) is 7.42. The van der Waals surface area contributed by atoms with Crippen LogP contribution in [0.4, 0.5) is 0 Å². The van der Waals surface area contributed by atoms with E-state index < -0.39 is 0 Å². The lowest BCUT2D eigenvalue weighted by molar-refractivity contribution is 0.0779. The topological polar surface area (TPSA) is 75.4 Å². The molecule has 5 nitrogen and oxygen atoms in total. The maximum absolute atomic E-state index is 12.7. The molecule has 1 aliphatic carbocycles. The summed E-state index contributed by atoms with van der Waals surface area (Å²) in [6.07, 6.45) is 2.21. The molecule has 136 valence electrons. The van der Waals surface area contributed by atoms with Crippen molar-refractivity contribution in [3.8, 4) is 0 Å². The Hall–Kier alpha value is -1.88. The Bertz CT molecular complexity index is 648. The second-order valence-corrected chi connectivity index (χ2v) is 8.70. The highest BCUT2D eigenvalue weighted by molar-refractivity contribution is 5.98. The van der Waals surface area contributed by atoms with E-state index in [1.807, 2.05) is 4.90 Å². The minimum Gasteiger partial charge on any atom is -0.352 e. The molecule has 1 aromatic carbocycles. The number of fused-ring (bicyclic) bond motifs is 1. The minimum absolute atomic E-state index is 0.0419. The molecule has 1 saturated heterocycles. The Morgan fingerprint density at radius 1 is 1.12 bits per heavy atom. The van der Waals surface area contributed by atoms with Crippen LogP contribution in [0.1, 0.15) is 54.3 Å². The fourth-order valence-corrected chi connectivity index (χ4v) is 3.87. The average Bonchev–Trinajstić information content (AvgIpc) is 3.14. The predicted octanol–water partition coefficient (Wildman–Crippen LogP) is 2.27. The first-order chi connectivity index (χ1) is 11.7. The number of carbonyl (C=O) groups is 2. The number of benzene rings is 1. The lowest BCUT2D eigenvalue weighted by Gasteiger charge is -2.19. The third kappa shape index (κ3) is 4.03. The van der Waals surface area contributed by atoms with E-state index in [9.17, 15) is 9.59 Å². The van der Waals surface area contributed by atoms with Crippen molar-refractivity contribution < 1.29 is 9.59 Å². The number of amides is 2. The molecule has 1 heterocycles. The summed E-state index contributed by atoms with van der Waals surface area (Å²) in [4.78, 5) is 26.8. The summed E-state index contributed by atoms with van der Waals surface area (Å²) >= 11 is 0. The molecule has 0 bridgehead atoms. The molecule has 3 rings (SSSR count). The van der Waals surface area contributed by atoms with Crippen LogP contribution in [0.25, 0.3) is 0 Å². The van der Waals surface area contributed by atoms with Gasteiger partial charge >= 0.3 is 0 Å². The van der Waals surface area contributed by atoms with Gasteiger partial charge in [0, 0.05) is 36.8 Å². The van der Waals surface area contributed by atoms with Crippen molar-refractivity contribution in [2.45, 2.75) is 39.7 Å². The van der Waals surface area contributed by atoms with Crippen LogP contribution >= 0.6 is 0 Å². The predicted molar refractivity (Wildman–Crippen MR) is 98.3 cm³/mol. The molecule has 2 aliphatic rings. The standard InChI is InChI=1S/C20H29N3O2/c1-20(2,3)12-22-18(24)13-4-6-14(7-5-13)19(25)23-10-15-8-9-17(21)16(15)11-23/h4-7,15-17H,8-12,21H2,1-3H3,(H,22,24). The minimum atomic E-state index is -0.101. The normalized spacial score (nSPS) is 25.8. The third-order valence-corrected chi connectivity index (χ3v) is 5.37. The van der Waals surface area contributed by atoms with Gasteiger partial charge in [0.1, 0.15) is 0 Å². The zero-order valence-corrected chi connectivity index (χ0v) is 15.4. The molecule has 3 atom stereocenters. The highest BCUT2D eigenvalue weighted by atomic mass is 16.2. The van der Waals surface area contributed by atoms with Gasteiger partial charge in [-0.15, -0.1) is 0 Å². The maximum Gasteiger partial charge on any atom is 0.253 e. The fourth-order valence-electron chi connectivity index (χ4n) is 3.87. The second kappa shape index (κ2) is 6.79. The summed E-state index contributed by atoms with van der Waals surface area (Å²) < 4.78 is 0. The van der Waals surface area contributed by atoms with Crippen molar-refractivity contribution in [3.05, 3.63) is 35.4 Å². The van der Waals surface area contributed by atoms with Gasteiger partial charge in [-0.05, 0) is 54.4 Å². The van der Waals surface area contributed by atoms with Crippen LogP contribution in [-0.2, 0) is 0 Å². The van der Waals surface area contributed by atoms with E-state index in [0.717, 1.165) is 25.9 Å². The molecule has 2 amide bonds. The Morgan fingerprint density at radius 3 is 2.36 bits per heavy atom. The van der Waals surface area contributed by atoms with E-state index in [-0.39, 0.29) is 23.3 Å². The lowest BCUT2D eigenvalue weighted by atomic mass is 9.97. The molecule has 0 radical (unpaired) electrons. The van der Waals surface area contributed by atoms with E-state index in [2.05, 4.69) is 26.1 Å². The molecule has 5 heteroatoms. The van der Waals surface area contributed by atoms with Crippen LogP contribution in [0.15, 0.2) is 24.3 Å². The number of nitrogens with zero attached hydrogens (tertiary/aromatic N) is 1. The Morgan fingerprint density at radius 2 is 1.76 bits per heavy atom. The van der Waals surface area contributed by atoms with Crippen molar-refractivity contribution >= 4 is 11.8 Å². The summed E-state index contributed by atoms with van der Waals surface area (Å²) in [6.45, 7) is 8.41. The molecule has 25 heavy (non-hydrogen) atoms. The molecule has 3 unspecified atom stereocenters. The lowest BCUT2D eigenvalue weighted by Crippen LogP contribution is -2.33. The number of nitrogens with two attached hydrogens (primary N) is 1. The van der Waals surface area contributed by atoms with E-state index in [1.165, 1.54) is 0 Å². The van der Waals surface area contributed by atoms with Crippen molar-refractivity contribution in [2.75, 3.05) is 19.6 Å². The highest BCUT2D eigenvalue weighted by Gasteiger charge is 2.42. The third-order valence-electron chi connectivity index (χ3n) is 5.37.